The third-order valence-corrected chi connectivity index (χ3v) is 4.10. The fraction of sp³-hybridized carbons (Fsp3) is 0.0952. The molecule has 0 amide bonds. The first-order chi connectivity index (χ1) is 11.8. The second-order valence-electron chi connectivity index (χ2n) is 5.55. The van der Waals surface area contributed by atoms with Crippen LogP contribution in [0.15, 0.2) is 71.1 Å². The van der Waals surface area contributed by atoms with Gasteiger partial charge < -0.3 is 9.15 Å². The second-order valence-corrected chi connectivity index (χ2v) is 5.55. The number of benzene rings is 3. The standard InChI is InChI=1S/C21H16O3/c1-2-23-21(22)19-18-16-11-7-6-8-14(16)12-13-17(18)24-20(19)15-9-4-3-5-10-15/h3-13H,2H2,1H3. The molecule has 0 spiro atoms. The molecule has 24 heavy (non-hydrogen) atoms. The molecule has 0 aliphatic rings. The first-order valence-electron chi connectivity index (χ1n) is 7.96. The van der Waals surface area contributed by atoms with Crippen molar-refractivity contribution in [2.75, 3.05) is 6.61 Å². The maximum absolute atomic E-state index is 12.7. The molecular weight excluding hydrogens is 300 g/mol. The monoisotopic (exact) mass is 316 g/mol. The maximum atomic E-state index is 12.7. The fourth-order valence-corrected chi connectivity index (χ4v) is 3.06. The van der Waals surface area contributed by atoms with Crippen LogP contribution in [0.2, 0.25) is 0 Å². The minimum Gasteiger partial charge on any atom is -0.462 e. The van der Waals surface area contributed by atoms with E-state index >= 15 is 0 Å². The number of rotatable bonds is 3. The van der Waals surface area contributed by atoms with Gasteiger partial charge in [-0.05, 0) is 23.8 Å². The van der Waals surface area contributed by atoms with Gasteiger partial charge in [-0.2, -0.15) is 0 Å². The molecule has 0 N–H and O–H groups in total. The van der Waals surface area contributed by atoms with Crippen LogP contribution in [-0.2, 0) is 4.74 Å². The molecule has 118 valence electrons. The molecule has 1 heterocycles. The van der Waals surface area contributed by atoms with E-state index < -0.39 is 0 Å². The zero-order chi connectivity index (χ0) is 16.5. The number of furan rings is 1. The van der Waals surface area contributed by atoms with Gasteiger partial charge in [-0.1, -0.05) is 60.7 Å². The summed E-state index contributed by atoms with van der Waals surface area (Å²) in [6, 6.07) is 21.5. The maximum Gasteiger partial charge on any atom is 0.342 e. The molecule has 0 radical (unpaired) electrons. The Morgan fingerprint density at radius 2 is 1.71 bits per heavy atom. The molecule has 3 aromatic carbocycles. The van der Waals surface area contributed by atoms with Gasteiger partial charge in [-0.15, -0.1) is 0 Å². The SMILES string of the molecule is CCOC(=O)c1c(-c2ccccc2)oc2ccc3ccccc3c12. The molecule has 3 heteroatoms. The van der Waals surface area contributed by atoms with Crippen molar-refractivity contribution in [2.24, 2.45) is 0 Å². The molecule has 4 aromatic rings. The number of hydrogen-bond acceptors (Lipinski definition) is 3. The Morgan fingerprint density at radius 1 is 0.958 bits per heavy atom. The van der Waals surface area contributed by atoms with Gasteiger partial charge in [-0.3, -0.25) is 0 Å². The molecular formula is C21H16O3. The van der Waals surface area contributed by atoms with Crippen LogP contribution >= 0.6 is 0 Å². The van der Waals surface area contributed by atoms with Gasteiger partial charge in [0.15, 0.2) is 0 Å². The largest absolute Gasteiger partial charge is 0.462 e. The van der Waals surface area contributed by atoms with Crippen molar-refractivity contribution < 1.29 is 13.9 Å². The van der Waals surface area contributed by atoms with Crippen LogP contribution in [0.3, 0.4) is 0 Å². The summed E-state index contributed by atoms with van der Waals surface area (Å²) in [5.74, 6) is 0.201. The average molecular weight is 316 g/mol. The van der Waals surface area contributed by atoms with Crippen molar-refractivity contribution in [3.05, 3.63) is 72.3 Å². The van der Waals surface area contributed by atoms with Crippen molar-refractivity contribution in [3.63, 3.8) is 0 Å². The van der Waals surface area contributed by atoms with Crippen molar-refractivity contribution in [2.45, 2.75) is 6.92 Å². The van der Waals surface area contributed by atoms with Gasteiger partial charge in [0, 0.05) is 10.9 Å². The van der Waals surface area contributed by atoms with Crippen LogP contribution < -0.4 is 0 Å². The lowest BCUT2D eigenvalue weighted by Gasteiger charge is -2.04. The highest BCUT2D eigenvalue weighted by molar-refractivity contribution is 6.18. The summed E-state index contributed by atoms with van der Waals surface area (Å²) in [6.07, 6.45) is 0. The van der Waals surface area contributed by atoms with Gasteiger partial charge in [0.1, 0.15) is 16.9 Å². The van der Waals surface area contributed by atoms with E-state index in [9.17, 15) is 4.79 Å². The molecule has 0 atom stereocenters. The minimum atomic E-state index is -0.355. The Hall–Kier alpha value is -3.07. The predicted octanol–water partition coefficient (Wildman–Crippen LogP) is 5.43. The smallest absolute Gasteiger partial charge is 0.342 e. The summed E-state index contributed by atoms with van der Waals surface area (Å²) in [6.45, 7) is 2.13. The van der Waals surface area contributed by atoms with Crippen LogP contribution in [0.4, 0.5) is 0 Å². The summed E-state index contributed by atoms with van der Waals surface area (Å²) in [5, 5.41) is 2.87. The van der Waals surface area contributed by atoms with E-state index in [2.05, 4.69) is 0 Å². The number of carbonyl (C=O) groups excluding carboxylic acids is 1. The first-order valence-corrected chi connectivity index (χ1v) is 7.96. The van der Waals surface area contributed by atoms with Crippen LogP contribution in [0.25, 0.3) is 33.1 Å². The molecule has 0 aliphatic carbocycles. The zero-order valence-electron chi connectivity index (χ0n) is 13.3. The normalized spacial score (nSPS) is 11.0. The number of esters is 1. The lowest BCUT2D eigenvalue weighted by atomic mass is 10.0. The Morgan fingerprint density at radius 3 is 2.50 bits per heavy atom. The van der Waals surface area contributed by atoms with E-state index in [1.54, 1.807) is 6.92 Å². The Labute approximate surface area is 139 Å². The van der Waals surface area contributed by atoms with Gasteiger partial charge >= 0.3 is 5.97 Å². The van der Waals surface area contributed by atoms with Crippen LogP contribution in [0.5, 0.6) is 0 Å². The van der Waals surface area contributed by atoms with Gasteiger partial charge in [-0.25, -0.2) is 4.79 Å². The highest BCUT2D eigenvalue weighted by Gasteiger charge is 2.24. The van der Waals surface area contributed by atoms with Crippen LogP contribution in [0.1, 0.15) is 17.3 Å². The van der Waals surface area contributed by atoms with Crippen molar-refractivity contribution >= 4 is 27.7 Å². The number of hydrogen-bond donors (Lipinski definition) is 0. The topological polar surface area (TPSA) is 39.4 Å². The molecule has 3 nitrogen and oxygen atoms in total. The van der Waals surface area contributed by atoms with Crippen LogP contribution in [0, 0.1) is 0 Å². The summed E-state index contributed by atoms with van der Waals surface area (Å²) in [7, 11) is 0. The van der Waals surface area contributed by atoms with E-state index in [1.807, 2.05) is 66.7 Å². The Kier molecular flexibility index (Phi) is 3.54. The molecule has 0 bridgehead atoms. The van der Waals surface area contributed by atoms with Gasteiger partial charge in [0.25, 0.3) is 0 Å². The Bertz CT molecular complexity index is 1030. The number of fused-ring (bicyclic) bond motifs is 3. The highest BCUT2D eigenvalue weighted by atomic mass is 16.5. The number of carbonyl (C=O) groups is 1. The van der Waals surface area contributed by atoms with Crippen molar-refractivity contribution in [1.29, 1.82) is 0 Å². The van der Waals surface area contributed by atoms with Crippen molar-refractivity contribution in [3.8, 4) is 11.3 Å². The zero-order valence-corrected chi connectivity index (χ0v) is 13.3. The first kappa shape index (κ1) is 14.5. The van der Waals surface area contributed by atoms with Crippen LogP contribution in [-0.4, -0.2) is 12.6 Å². The number of ether oxygens (including phenoxy) is 1. The average Bonchev–Trinajstić information content (AvgIpc) is 3.03. The quantitative estimate of drug-likeness (QED) is 0.473. The third kappa shape index (κ3) is 2.26. The molecule has 1 aromatic heterocycles. The lowest BCUT2D eigenvalue weighted by molar-refractivity contribution is 0.0529. The summed E-state index contributed by atoms with van der Waals surface area (Å²) in [4.78, 5) is 12.7. The van der Waals surface area contributed by atoms with E-state index in [0.717, 1.165) is 21.7 Å². The minimum absolute atomic E-state index is 0.324. The molecule has 0 saturated carbocycles. The predicted molar refractivity (Wildman–Crippen MR) is 95.1 cm³/mol. The molecule has 0 unspecified atom stereocenters. The van der Waals surface area contributed by atoms with E-state index in [0.29, 0.717) is 23.5 Å². The van der Waals surface area contributed by atoms with E-state index in [4.69, 9.17) is 9.15 Å². The lowest BCUT2D eigenvalue weighted by Crippen LogP contribution is -2.05. The molecule has 0 aliphatic heterocycles. The summed E-state index contributed by atoms with van der Waals surface area (Å²) in [5.41, 5.74) is 2.05. The molecule has 0 saturated heterocycles. The second kappa shape index (κ2) is 5.85. The highest BCUT2D eigenvalue weighted by Crippen LogP contribution is 2.38. The molecule has 0 fully saturated rings. The van der Waals surface area contributed by atoms with Gasteiger partial charge in [0.05, 0.1) is 6.61 Å². The van der Waals surface area contributed by atoms with E-state index in [1.165, 1.54) is 0 Å². The third-order valence-electron chi connectivity index (χ3n) is 4.10. The van der Waals surface area contributed by atoms with Crippen molar-refractivity contribution in [1.82, 2.24) is 0 Å². The Balaban J connectivity index is 2.11. The van der Waals surface area contributed by atoms with E-state index in [-0.39, 0.29) is 5.97 Å². The fourth-order valence-electron chi connectivity index (χ4n) is 3.06. The summed E-state index contributed by atoms with van der Waals surface area (Å²) < 4.78 is 11.4. The van der Waals surface area contributed by atoms with Gasteiger partial charge in [0.2, 0.25) is 0 Å². The summed E-state index contributed by atoms with van der Waals surface area (Å²) >= 11 is 0. The molecule has 4 rings (SSSR count).